The highest BCUT2D eigenvalue weighted by atomic mass is 16.5. The van der Waals surface area contributed by atoms with Crippen LogP contribution >= 0.6 is 0 Å². The molecular weight excluding hydrogens is 304 g/mol. The maximum atomic E-state index is 10.5. The van der Waals surface area contributed by atoms with Crippen molar-refractivity contribution in [3.05, 3.63) is 42.7 Å². The molecule has 1 fully saturated rings. The van der Waals surface area contributed by atoms with Crippen LogP contribution in [0.2, 0.25) is 0 Å². The van der Waals surface area contributed by atoms with E-state index in [1.165, 1.54) is 12.8 Å². The third kappa shape index (κ3) is 2.56. The van der Waals surface area contributed by atoms with Gasteiger partial charge in [0.15, 0.2) is 11.5 Å². The number of fused-ring (bicyclic) bond motifs is 1. The summed E-state index contributed by atoms with van der Waals surface area (Å²) >= 11 is 0. The van der Waals surface area contributed by atoms with Crippen molar-refractivity contribution in [1.82, 2.24) is 9.55 Å². The largest absolute Gasteiger partial charge is 0.494 e. The van der Waals surface area contributed by atoms with E-state index in [4.69, 9.17) is 9.47 Å². The van der Waals surface area contributed by atoms with Crippen molar-refractivity contribution in [2.75, 3.05) is 7.11 Å². The van der Waals surface area contributed by atoms with Crippen LogP contribution in [0.25, 0.3) is 16.6 Å². The van der Waals surface area contributed by atoms with Gasteiger partial charge in [-0.15, -0.1) is 0 Å². The van der Waals surface area contributed by atoms with Crippen LogP contribution in [0.4, 0.5) is 0 Å². The van der Waals surface area contributed by atoms with Crippen molar-refractivity contribution in [1.29, 1.82) is 0 Å². The lowest BCUT2D eigenvalue weighted by Crippen LogP contribution is -2.11. The quantitative estimate of drug-likeness (QED) is 0.786. The smallest absolute Gasteiger partial charge is 0.205 e. The number of ether oxygens (including phenoxy) is 2. The molecule has 4 rings (SSSR count). The van der Waals surface area contributed by atoms with E-state index in [0.29, 0.717) is 11.5 Å². The highest BCUT2D eigenvalue weighted by molar-refractivity contribution is 5.85. The van der Waals surface area contributed by atoms with Crippen molar-refractivity contribution >= 4 is 10.9 Å². The van der Waals surface area contributed by atoms with Crippen LogP contribution in [-0.4, -0.2) is 27.9 Å². The summed E-state index contributed by atoms with van der Waals surface area (Å²) in [5.74, 6) is 1.60. The molecule has 24 heavy (non-hydrogen) atoms. The normalized spacial score (nSPS) is 15.0. The van der Waals surface area contributed by atoms with Crippen LogP contribution in [0.5, 0.6) is 17.4 Å². The zero-order chi connectivity index (χ0) is 16.5. The first-order valence-electron chi connectivity index (χ1n) is 8.26. The number of hydrogen-bond acceptors (Lipinski definition) is 4. The molecule has 5 nitrogen and oxygen atoms in total. The standard InChI is InChI=1S/C19H20N2O3/c1-23-17-9-8-13(11-18(17)24-14-5-2-3-6-14)21-12-16-15(19(21)22)7-4-10-20-16/h4,7-12,14,22H,2-3,5-6H2,1H3. The predicted octanol–water partition coefficient (Wildman–Crippen LogP) is 4.06. The number of pyridine rings is 1. The van der Waals surface area contributed by atoms with Crippen LogP contribution in [-0.2, 0) is 0 Å². The van der Waals surface area contributed by atoms with E-state index >= 15 is 0 Å². The van der Waals surface area contributed by atoms with E-state index in [-0.39, 0.29) is 12.0 Å². The third-order valence-corrected chi connectivity index (χ3v) is 4.58. The number of methoxy groups -OCH3 is 1. The fraction of sp³-hybridized carbons (Fsp3) is 0.316. The lowest BCUT2D eigenvalue weighted by atomic mass is 10.2. The first kappa shape index (κ1) is 14.9. The summed E-state index contributed by atoms with van der Waals surface area (Å²) in [6.07, 6.45) is 8.37. The Morgan fingerprint density at radius 2 is 2.00 bits per heavy atom. The van der Waals surface area contributed by atoms with Gasteiger partial charge in [0.1, 0.15) is 0 Å². The maximum absolute atomic E-state index is 10.5. The van der Waals surface area contributed by atoms with Gasteiger partial charge >= 0.3 is 0 Å². The molecule has 1 N–H and O–H groups in total. The van der Waals surface area contributed by atoms with Crippen molar-refractivity contribution in [3.8, 4) is 23.1 Å². The van der Waals surface area contributed by atoms with Crippen molar-refractivity contribution in [2.45, 2.75) is 31.8 Å². The molecule has 5 heteroatoms. The summed E-state index contributed by atoms with van der Waals surface area (Å²) in [7, 11) is 1.64. The SMILES string of the molecule is COc1ccc(-n2cc3ncccc3c2O)cc1OC1CCCC1. The molecule has 2 aromatic heterocycles. The van der Waals surface area contributed by atoms with Gasteiger partial charge in [0.05, 0.1) is 29.8 Å². The van der Waals surface area contributed by atoms with Gasteiger partial charge in [0, 0.05) is 18.5 Å². The summed E-state index contributed by atoms with van der Waals surface area (Å²) in [4.78, 5) is 4.29. The Bertz CT molecular complexity index is 866. The fourth-order valence-electron chi connectivity index (χ4n) is 3.31. The predicted molar refractivity (Wildman–Crippen MR) is 92.2 cm³/mol. The number of aromatic nitrogens is 2. The minimum Gasteiger partial charge on any atom is -0.494 e. The van der Waals surface area contributed by atoms with E-state index in [2.05, 4.69) is 4.98 Å². The summed E-state index contributed by atoms with van der Waals surface area (Å²) in [5.41, 5.74) is 1.57. The number of hydrogen-bond donors (Lipinski definition) is 1. The van der Waals surface area contributed by atoms with Gasteiger partial charge in [0.2, 0.25) is 5.88 Å². The molecule has 0 radical (unpaired) electrons. The van der Waals surface area contributed by atoms with Crippen LogP contribution in [0.1, 0.15) is 25.7 Å². The van der Waals surface area contributed by atoms with Gasteiger partial charge < -0.3 is 14.6 Å². The molecule has 3 aromatic rings. The molecule has 1 aliphatic rings. The molecule has 0 atom stereocenters. The molecule has 0 amide bonds. The first-order valence-corrected chi connectivity index (χ1v) is 8.26. The van der Waals surface area contributed by atoms with Crippen molar-refractivity contribution in [3.63, 3.8) is 0 Å². The van der Waals surface area contributed by atoms with Gasteiger partial charge in [-0.05, 0) is 49.9 Å². The maximum Gasteiger partial charge on any atom is 0.205 e. The second-order valence-electron chi connectivity index (χ2n) is 6.12. The Kier molecular flexibility index (Phi) is 3.76. The molecular formula is C19H20N2O3. The van der Waals surface area contributed by atoms with Gasteiger partial charge in [-0.25, -0.2) is 0 Å². The third-order valence-electron chi connectivity index (χ3n) is 4.58. The van der Waals surface area contributed by atoms with E-state index in [0.717, 1.165) is 29.4 Å². The molecule has 2 heterocycles. The minimum atomic E-state index is 0.176. The van der Waals surface area contributed by atoms with E-state index in [1.54, 1.807) is 17.9 Å². The Morgan fingerprint density at radius 1 is 1.17 bits per heavy atom. The van der Waals surface area contributed by atoms with E-state index < -0.39 is 0 Å². The Balaban J connectivity index is 1.75. The van der Waals surface area contributed by atoms with Crippen LogP contribution in [0, 0.1) is 0 Å². The van der Waals surface area contributed by atoms with Crippen molar-refractivity contribution < 1.29 is 14.6 Å². The number of nitrogens with zero attached hydrogens (tertiary/aromatic N) is 2. The van der Waals surface area contributed by atoms with Crippen LogP contribution < -0.4 is 9.47 Å². The Morgan fingerprint density at radius 3 is 2.75 bits per heavy atom. The topological polar surface area (TPSA) is 56.5 Å². The zero-order valence-electron chi connectivity index (χ0n) is 13.6. The number of benzene rings is 1. The average Bonchev–Trinajstić information content (AvgIpc) is 3.23. The molecule has 124 valence electrons. The second-order valence-corrected chi connectivity index (χ2v) is 6.12. The first-order chi connectivity index (χ1) is 11.8. The molecule has 0 unspecified atom stereocenters. The van der Waals surface area contributed by atoms with Crippen LogP contribution in [0.15, 0.2) is 42.7 Å². The van der Waals surface area contributed by atoms with Gasteiger partial charge in [-0.3, -0.25) is 9.55 Å². The highest BCUT2D eigenvalue weighted by Crippen LogP contribution is 2.36. The van der Waals surface area contributed by atoms with E-state index in [1.807, 2.05) is 36.5 Å². The van der Waals surface area contributed by atoms with Gasteiger partial charge in [-0.2, -0.15) is 0 Å². The molecule has 0 aliphatic heterocycles. The summed E-state index contributed by atoms with van der Waals surface area (Å²) < 4.78 is 13.3. The van der Waals surface area contributed by atoms with Gasteiger partial charge in [0.25, 0.3) is 0 Å². The molecule has 1 aromatic carbocycles. The monoisotopic (exact) mass is 324 g/mol. The second kappa shape index (κ2) is 6.07. The molecule has 1 aliphatic carbocycles. The molecule has 1 saturated carbocycles. The van der Waals surface area contributed by atoms with Crippen LogP contribution in [0.3, 0.4) is 0 Å². The van der Waals surface area contributed by atoms with E-state index in [9.17, 15) is 5.11 Å². The fourth-order valence-corrected chi connectivity index (χ4v) is 3.31. The highest BCUT2D eigenvalue weighted by Gasteiger charge is 2.19. The molecule has 0 spiro atoms. The summed E-state index contributed by atoms with van der Waals surface area (Å²) in [6.45, 7) is 0. The lowest BCUT2D eigenvalue weighted by Gasteiger charge is -2.17. The zero-order valence-corrected chi connectivity index (χ0v) is 13.6. The summed E-state index contributed by atoms with van der Waals surface area (Å²) in [5, 5.41) is 11.2. The summed E-state index contributed by atoms with van der Waals surface area (Å²) in [6, 6.07) is 9.36. The van der Waals surface area contributed by atoms with Gasteiger partial charge in [-0.1, -0.05) is 0 Å². The Hall–Kier alpha value is -2.69. The molecule has 0 saturated heterocycles. The van der Waals surface area contributed by atoms with Crippen molar-refractivity contribution in [2.24, 2.45) is 0 Å². The average molecular weight is 324 g/mol. The minimum absolute atomic E-state index is 0.176. The lowest BCUT2D eigenvalue weighted by molar-refractivity contribution is 0.201. The molecule has 0 bridgehead atoms. The number of aromatic hydroxyl groups is 1. The number of rotatable bonds is 4. The Labute approximate surface area is 140 Å².